The Balaban J connectivity index is 1.96. The van der Waals surface area contributed by atoms with Gasteiger partial charge in [0, 0.05) is 13.1 Å². The van der Waals surface area contributed by atoms with Crippen LogP contribution in [-0.4, -0.2) is 43.3 Å². The zero-order chi connectivity index (χ0) is 13.9. The molecule has 1 amide bonds. The molecule has 1 saturated heterocycles. The van der Waals surface area contributed by atoms with E-state index in [-0.39, 0.29) is 12.2 Å². The number of hydrogen-bond acceptors (Lipinski definition) is 3. The van der Waals surface area contributed by atoms with E-state index in [1.807, 2.05) is 6.92 Å². The summed E-state index contributed by atoms with van der Waals surface area (Å²) in [5, 5.41) is 2.84. The Bertz CT molecular complexity index is 240. The Labute approximate surface area is 117 Å². The Morgan fingerprint density at radius 2 is 2.00 bits per heavy atom. The first-order valence-electron chi connectivity index (χ1n) is 7.89. The lowest BCUT2D eigenvalue weighted by Gasteiger charge is -2.16. The zero-order valence-electron chi connectivity index (χ0n) is 12.6. The third kappa shape index (κ3) is 8.09. The highest BCUT2D eigenvalue weighted by atomic mass is 16.6. The monoisotopic (exact) mass is 270 g/mol. The normalized spacial score (nSPS) is 17.4. The second-order valence-corrected chi connectivity index (χ2v) is 5.54. The summed E-state index contributed by atoms with van der Waals surface area (Å²) in [4.78, 5) is 13.9. The van der Waals surface area contributed by atoms with Crippen LogP contribution in [0.2, 0.25) is 0 Å². The molecule has 0 aromatic rings. The highest BCUT2D eigenvalue weighted by Gasteiger charge is 2.12. The summed E-state index contributed by atoms with van der Waals surface area (Å²) in [6.07, 6.45) is 8.22. The first kappa shape index (κ1) is 16.3. The summed E-state index contributed by atoms with van der Waals surface area (Å²) in [7, 11) is 0. The number of carbonyl (C=O) groups is 1. The van der Waals surface area contributed by atoms with Crippen LogP contribution >= 0.6 is 0 Å². The molecule has 0 aromatic heterocycles. The first-order chi connectivity index (χ1) is 9.22. The van der Waals surface area contributed by atoms with Crippen molar-refractivity contribution in [2.75, 3.05) is 26.2 Å². The number of ether oxygens (including phenoxy) is 1. The molecule has 19 heavy (non-hydrogen) atoms. The first-order valence-corrected chi connectivity index (χ1v) is 7.89. The second-order valence-electron chi connectivity index (χ2n) is 5.54. The minimum atomic E-state index is -0.262. The largest absolute Gasteiger partial charge is 0.447 e. The van der Waals surface area contributed by atoms with Crippen molar-refractivity contribution >= 4 is 6.09 Å². The fourth-order valence-corrected chi connectivity index (χ4v) is 2.46. The molecule has 1 aliphatic rings. The number of unbranched alkanes of at least 4 members (excludes halogenated alkanes) is 3. The maximum Gasteiger partial charge on any atom is 0.407 e. The molecular weight excluding hydrogens is 240 g/mol. The van der Waals surface area contributed by atoms with E-state index < -0.39 is 0 Å². The molecular formula is C15H30N2O2. The molecule has 0 aromatic carbocycles. The van der Waals surface area contributed by atoms with E-state index in [2.05, 4.69) is 17.1 Å². The molecule has 1 unspecified atom stereocenters. The van der Waals surface area contributed by atoms with Crippen molar-refractivity contribution < 1.29 is 9.53 Å². The van der Waals surface area contributed by atoms with Gasteiger partial charge in [0.25, 0.3) is 0 Å². The minimum Gasteiger partial charge on any atom is -0.447 e. The predicted octanol–water partition coefficient (Wildman–Crippen LogP) is 3.17. The van der Waals surface area contributed by atoms with E-state index in [0.29, 0.717) is 6.54 Å². The van der Waals surface area contributed by atoms with Gasteiger partial charge in [0.15, 0.2) is 0 Å². The smallest absolute Gasteiger partial charge is 0.407 e. The Morgan fingerprint density at radius 1 is 1.26 bits per heavy atom. The van der Waals surface area contributed by atoms with Gasteiger partial charge in [-0.25, -0.2) is 4.79 Å². The van der Waals surface area contributed by atoms with Gasteiger partial charge in [-0.05, 0) is 45.7 Å². The van der Waals surface area contributed by atoms with Crippen LogP contribution in [0.25, 0.3) is 0 Å². The van der Waals surface area contributed by atoms with Gasteiger partial charge in [0.2, 0.25) is 0 Å². The van der Waals surface area contributed by atoms with Crippen molar-refractivity contribution in [1.29, 1.82) is 0 Å². The molecule has 1 rings (SSSR count). The molecule has 1 aliphatic heterocycles. The van der Waals surface area contributed by atoms with E-state index in [1.54, 1.807) is 0 Å². The van der Waals surface area contributed by atoms with Crippen molar-refractivity contribution in [1.82, 2.24) is 10.2 Å². The highest BCUT2D eigenvalue weighted by Crippen LogP contribution is 2.08. The standard InChI is InChI=1S/C15H30N2O2/c1-3-4-5-6-9-14(2)19-15(18)16-10-13-17-11-7-8-12-17/h14H,3-13H2,1-2H3,(H,16,18). The van der Waals surface area contributed by atoms with Crippen LogP contribution in [0.5, 0.6) is 0 Å². The van der Waals surface area contributed by atoms with Crippen LogP contribution in [0.4, 0.5) is 4.79 Å². The average molecular weight is 270 g/mol. The number of amides is 1. The minimum absolute atomic E-state index is 0.0312. The molecule has 4 nitrogen and oxygen atoms in total. The van der Waals surface area contributed by atoms with Gasteiger partial charge in [0.1, 0.15) is 6.10 Å². The van der Waals surface area contributed by atoms with Crippen molar-refractivity contribution in [2.24, 2.45) is 0 Å². The molecule has 0 bridgehead atoms. The third-order valence-corrected chi connectivity index (χ3v) is 3.67. The number of hydrogen-bond donors (Lipinski definition) is 1. The Kier molecular flexibility index (Phi) is 8.63. The van der Waals surface area contributed by atoms with Gasteiger partial charge < -0.3 is 15.0 Å². The quantitative estimate of drug-likeness (QED) is 0.654. The Morgan fingerprint density at radius 3 is 2.68 bits per heavy atom. The van der Waals surface area contributed by atoms with E-state index in [0.717, 1.165) is 19.4 Å². The lowest BCUT2D eigenvalue weighted by molar-refractivity contribution is 0.0999. The number of carbonyl (C=O) groups excluding carboxylic acids is 1. The van der Waals surface area contributed by atoms with Gasteiger partial charge in [-0.1, -0.05) is 26.2 Å². The van der Waals surface area contributed by atoms with E-state index in [9.17, 15) is 4.79 Å². The van der Waals surface area contributed by atoms with Gasteiger partial charge in [-0.2, -0.15) is 0 Å². The number of rotatable bonds is 9. The fraction of sp³-hybridized carbons (Fsp3) is 0.933. The topological polar surface area (TPSA) is 41.6 Å². The number of nitrogens with zero attached hydrogens (tertiary/aromatic N) is 1. The molecule has 1 heterocycles. The van der Waals surface area contributed by atoms with Crippen LogP contribution in [-0.2, 0) is 4.74 Å². The molecule has 0 spiro atoms. The van der Waals surface area contributed by atoms with Crippen LogP contribution in [0.1, 0.15) is 58.8 Å². The molecule has 112 valence electrons. The summed E-state index contributed by atoms with van der Waals surface area (Å²) < 4.78 is 5.33. The molecule has 0 saturated carbocycles. The molecule has 0 aliphatic carbocycles. The van der Waals surface area contributed by atoms with Crippen molar-refractivity contribution in [2.45, 2.75) is 64.9 Å². The molecule has 1 N–H and O–H groups in total. The molecule has 0 radical (unpaired) electrons. The number of nitrogens with one attached hydrogen (secondary N) is 1. The SMILES string of the molecule is CCCCCCC(C)OC(=O)NCCN1CCCC1. The zero-order valence-corrected chi connectivity index (χ0v) is 12.6. The Hall–Kier alpha value is -0.770. The summed E-state index contributed by atoms with van der Waals surface area (Å²) in [6, 6.07) is 0. The fourth-order valence-electron chi connectivity index (χ4n) is 2.46. The van der Waals surface area contributed by atoms with Crippen molar-refractivity contribution in [3.8, 4) is 0 Å². The predicted molar refractivity (Wildman–Crippen MR) is 78.4 cm³/mol. The van der Waals surface area contributed by atoms with Crippen LogP contribution in [0.15, 0.2) is 0 Å². The van der Waals surface area contributed by atoms with Gasteiger partial charge in [-0.15, -0.1) is 0 Å². The molecule has 1 fully saturated rings. The van der Waals surface area contributed by atoms with Crippen LogP contribution < -0.4 is 5.32 Å². The second kappa shape index (κ2) is 10.1. The summed E-state index contributed by atoms with van der Waals surface area (Å²) in [5.74, 6) is 0. The number of likely N-dealkylation sites (tertiary alicyclic amines) is 1. The maximum absolute atomic E-state index is 11.6. The lowest BCUT2D eigenvalue weighted by Crippen LogP contribution is -2.35. The van der Waals surface area contributed by atoms with Gasteiger partial charge >= 0.3 is 6.09 Å². The van der Waals surface area contributed by atoms with E-state index in [4.69, 9.17) is 4.74 Å². The maximum atomic E-state index is 11.6. The third-order valence-electron chi connectivity index (χ3n) is 3.67. The van der Waals surface area contributed by atoms with E-state index in [1.165, 1.54) is 45.2 Å². The van der Waals surface area contributed by atoms with Crippen LogP contribution in [0.3, 0.4) is 0 Å². The summed E-state index contributed by atoms with van der Waals surface area (Å²) >= 11 is 0. The van der Waals surface area contributed by atoms with Crippen molar-refractivity contribution in [3.05, 3.63) is 0 Å². The number of alkyl carbamates (subject to hydrolysis) is 1. The van der Waals surface area contributed by atoms with E-state index >= 15 is 0 Å². The van der Waals surface area contributed by atoms with Crippen molar-refractivity contribution in [3.63, 3.8) is 0 Å². The van der Waals surface area contributed by atoms with Gasteiger partial charge in [0.05, 0.1) is 0 Å². The summed E-state index contributed by atoms with van der Waals surface area (Å²) in [6.45, 7) is 8.16. The van der Waals surface area contributed by atoms with Gasteiger partial charge in [-0.3, -0.25) is 0 Å². The van der Waals surface area contributed by atoms with Crippen LogP contribution in [0, 0.1) is 0 Å². The summed E-state index contributed by atoms with van der Waals surface area (Å²) in [5.41, 5.74) is 0. The molecule has 4 heteroatoms. The average Bonchev–Trinajstić information content (AvgIpc) is 2.88. The lowest BCUT2D eigenvalue weighted by atomic mass is 10.1. The highest BCUT2D eigenvalue weighted by molar-refractivity contribution is 5.67. The molecule has 1 atom stereocenters.